The van der Waals surface area contributed by atoms with Gasteiger partial charge in [0.2, 0.25) is 0 Å². The zero-order valence-corrected chi connectivity index (χ0v) is 78.7. The van der Waals surface area contributed by atoms with Gasteiger partial charge in [-0.25, -0.2) is 0 Å². The minimum Gasteiger partial charge on any atom is -0.516 e. The van der Waals surface area contributed by atoms with Crippen LogP contribution in [0.15, 0.2) is 193 Å². The predicted octanol–water partition coefficient (Wildman–Crippen LogP) is 23.6. The largest absolute Gasteiger partial charge is 0.516 e. The summed E-state index contributed by atoms with van der Waals surface area (Å²) in [5, 5.41) is 38.3. The minimum absolute atomic E-state index is 0. The fourth-order valence-corrected chi connectivity index (χ4v) is 11.4. The molecule has 0 saturated carbocycles. The Morgan fingerprint density at radius 3 is 1.07 bits per heavy atom. The number of aryl methyl sites for hydroxylation is 13. The summed E-state index contributed by atoms with van der Waals surface area (Å²) in [6, 6.07) is 63.6. The van der Waals surface area contributed by atoms with E-state index in [1.807, 2.05) is 30.3 Å². The summed E-state index contributed by atoms with van der Waals surface area (Å²) in [7, 11) is 1.67. The van der Waals surface area contributed by atoms with E-state index < -0.39 is 0 Å². The molecule has 113 heavy (non-hydrogen) atoms. The SMILES string of the molecule is CC(=O)C=C(C)O.CC(=O)C=C(C)O.CC(=O)C=C(C)O.CC(=O)C=C(C)O.COc1cc[c-]c(-c2ccc3cc(C)c(C)cc3n2)c1.Cc1[c-]c(-c2ccc3c(C)c(C)c(C)cc3n2)cc(C)c1.Cc1[c-]c(-c2ccc3cc(C)c(C)cc3n2)c(C)cc1.Cc1cc[c-]c(-c2ccc3c(C)c(C)c(C)cc3n2)c1.[Ir].[Ir].[Ir].[Ir]. The predicted molar refractivity (Wildman–Crippen MR) is 450 cm³/mol. The van der Waals surface area contributed by atoms with Gasteiger partial charge in [-0.05, 0) is 250 Å². The molecule has 0 fully saturated rings. The number of hydrogen-bond acceptors (Lipinski definition) is 13. The van der Waals surface area contributed by atoms with E-state index in [1.165, 1.54) is 174 Å². The summed E-state index contributed by atoms with van der Waals surface area (Å²) in [6.07, 6.45) is 4.67. The first-order valence-corrected chi connectivity index (χ1v) is 35.8. The first-order chi connectivity index (χ1) is 51.2. The van der Waals surface area contributed by atoms with Crippen molar-refractivity contribution >= 4 is 66.7 Å². The number of carbonyl (C=O) groups is 4. The number of aliphatic hydroxyl groups is 4. The van der Waals surface area contributed by atoms with Crippen LogP contribution in [0.25, 0.3) is 88.6 Å². The van der Waals surface area contributed by atoms with Gasteiger partial charge in [0.1, 0.15) is 0 Å². The number of carbonyl (C=O) groups excluding carboxylic acids is 4. The van der Waals surface area contributed by atoms with E-state index in [4.69, 9.17) is 45.1 Å². The Morgan fingerprint density at radius 2 is 0.681 bits per heavy atom. The van der Waals surface area contributed by atoms with E-state index >= 15 is 0 Å². The van der Waals surface area contributed by atoms with Crippen molar-refractivity contribution in [2.24, 2.45) is 0 Å². The summed E-state index contributed by atoms with van der Waals surface area (Å²) < 4.78 is 5.25. The molecule has 12 aromatic rings. The number of ketones is 4. The van der Waals surface area contributed by atoms with Crippen LogP contribution in [0, 0.1) is 128 Å². The van der Waals surface area contributed by atoms with Crippen molar-refractivity contribution in [3.63, 3.8) is 0 Å². The van der Waals surface area contributed by atoms with E-state index in [-0.39, 0.29) is 127 Å². The summed E-state index contributed by atoms with van der Waals surface area (Å²) in [5.74, 6) is 0.570. The Labute approximate surface area is 723 Å². The number of nitrogens with zero attached hydrogens (tertiary/aromatic N) is 4. The molecule has 17 heteroatoms. The molecule has 4 N–H and O–H groups in total. The molecule has 0 aliphatic rings. The third-order valence-electron chi connectivity index (χ3n) is 17.4. The molecular weight excluding hydrogens is 2120 g/mol. The molecule has 0 amide bonds. The molecule has 0 unspecified atom stereocenters. The molecule has 4 aromatic heterocycles. The summed E-state index contributed by atoms with van der Waals surface area (Å²) >= 11 is 0. The third-order valence-corrected chi connectivity index (χ3v) is 17.4. The van der Waals surface area contributed by atoms with E-state index in [0.717, 1.165) is 84.0 Å². The number of ether oxygens (including phenoxy) is 1. The van der Waals surface area contributed by atoms with Crippen molar-refractivity contribution in [1.29, 1.82) is 0 Å². The van der Waals surface area contributed by atoms with Crippen LogP contribution >= 0.6 is 0 Å². The molecule has 0 bridgehead atoms. The van der Waals surface area contributed by atoms with Crippen LogP contribution in [0.4, 0.5) is 0 Å². The third kappa shape index (κ3) is 32.9. The van der Waals surface area contributed by atoms with Gasteiger partial charge in [-0.15, -0.1) is 135 Å². The maximum Gasteiger partial charge on any atom is 0.155 e. The quantitative estimate of drug-likeness (QED) is 0.0603. The zero-order valence-electron chi connectivity index (χ0n) is 69.1. The Kier molecular flexibility index (Phi) is 43.8. The molecule has 0 aliphatic heterocycles. The van der Waals surface area contributed by atoms with Gasteiger partial charge in [0.05, 0.1) is 52.2 Å². The molecule has 602 valence electrons. The second-order valence-electron chi connectivity index (χ2n) is 27.5. The number of rotatable bonds is 9. The Balaban J connectivity index is 0.000000670. The minimum atomic E-state index is -0.125. The van der Waals surface area contributed by atoms with Crippen LogP contribution in [0.5, 0.6) is 5.75 Å². The molecule has 13 nitrogen and oxygen atoms in total. The number of aliphatic hydroxyl groups excluding tert-OH is 4. The number of benzene rings is 8. The Morgan fingerprint density at radius 1 is 0.327 bits per heavy atom. The van der Waals surface area contributed by atoms with Crippen LogP contribution in [0.2, 0.25) is 0 Å². The number of aromatic nitrogens is 4. The maximum atomic E-state index is 10.0. The fraction of sp³-hybridized carbons (Fsp3) is 0.250. The van der Waals surface area contributed by atoms with E-state index in [1.54, 1.807) is 7.11 Å². The molecule has 12 rings (SSSR count). The van der Waals surface area contributed by atoms with E-state index in [0.29, 0.717) is 0 Å². The number of hydrogen-bond donors (Lipinski definition) is 4. The van der Waals surface area contributed by atoms with Crippen molar-refractivity contribution in [3.8, 4) is 50.8 Å². The van der Waals surface area contributed by atoms with Crippen molar-refractivity contribution in [2.75, 3.05) is 7.11 Å². The second-order valence-corrected chi connectivity index (χ2v) is 27.5. The normalized spacial score (nSPS) is 10.7. The van der Waals surface area contributed by atoms with Crippen LogP contribution in [-0.2, 0) is 99.6 Å². The maximum absolute atomic E-state index is 10.0. The molecule has 0 atom stereocenters. The van der Waals surface area contributed by atoms with E-state index in [9.17, 15) is 19.2 Å². The average Bonchev–Trinajstić information content (AvgIpc) is 0.802. The fourth-order valence-electron chi connectivity index (χ4n) is 11.4. The molecule has 0 saturated heterocycles. The van der Waals surface area contributed by atoms with Gasteiger partial charge < -0.3 is 25.2 Å². The molecule has 4 radical (unpaired) electrons. The van der Waals surface area contributed by atoms with Crippen LogP contribution in [0.1, 0.15) is 139 Å². The molecular formula is C96H104Ir4N4O9-4. The van der Waals surface area contributed by atoms with E-state index in [2.05, 4.69) is 243 Å². The van der Waals surface area contributed by atoms with Crippen LogP contribution in [-0.4, -0.2) is 70.6 Å². The standard InChI is InChI=1S/C20H20N.2C19H18N.C18H16NO.4C5H8O2.4Ir/c1-12-8-13(2)10-17(9-12)19-7-6-18-16(5)15(4)14(3)11-20(18)21-19;1-12-5-6-13(2)17(9-12)18-8-7-16-10-14(3)15(4)11-19(16)20-18;1-12-6-5-7-16(10-12)18-9-8-17-15(4)14(3)13(2)11-19(17)20-18;1-12-9-15-7-8-17(19-18(15)10-13(12)2)14-5-4-6-16(11-14)20-3;4*1-4(6)3-5(2)7;;;;/h6-9,11H,1-5H3;5-8,10-11H,1-4H3;5-6,8-11H,1-4H3;4,6-11H,1-3H3;4*3,6H,1-2H3;;;;/q4*-1;;;;;;;;. The number of fused-ring (bicyclic) bond motifs is 4. The van der Waals surface area contributed by atoms with Crippen molar-refractivity contribution < 1.29 is 125 Å². The number of allylic oxidation sites excluding steroid dienone is 8. The van der Waals surface area contributed by atoms with Gasteiger partial charge in [-0.1, -0.05) is 83.1 Å². The van der Waals surface area contributed by atoms with Gasteiger partial charge >= 0.3 is 0 Å². The summed E-state index contributed by atoms with van der Waals surface area (Å²) in [5.41, 5.74) is 31.4. The van der Waals surface area contributed by atoms with Gasteiger partial charge in [0.15, 0.2) is 23.1 Å². The van der Waals surface area contributed by atoms with Gasteiger partial charge in [-0.2, -0.15) is 0 Å². The molecule has 0 aliphatic carbocycles. The summed E-state index contributed by atoms with van der Waals surface area (Å²) in [4.78, 5) is 59.3. The Hall–Kier alpha value is -9.36. The van der Waals surface area contributed by atoms with Crippen molar-refractivity contribution in [3.05, 3.63) is 301 Å². The van der Waals surface area contributed by atoms with Gasteiger partial charge in [-0.3, -0.25) is 39.1 Å². The smallest absolute Gasteiger partial charge is 0.155 e. The molecule has 0 spiro atoms. The molecule has 4 heterocycles. The number of pyridine rings is 4. The van der Waals surface area contributed by atoms with Crippen molar-refractivity contribution in [2.45, 2.75) is 159 Å². The first-order valence-electron chi connectivity index (χ1n) is 35.8. The van der Waals surface area contributed by atoms with Crippen LogP contribution in [0.3, 0.4) is 0 Å². The van der Waals surface area contributed by atoms with Gasteiger partial charge in [0, 0.05) is 121 Å². The van der Waals surface area contributed by atoms with Gasteiger partial charge in [0.25, 0.3) is 0 Å². The number of methoxy groups -OCH3 is 1. The Bertz CT molecular complexity index is 5300. The monoisotopic (exact) mass is 2230 g/mol. The molecule has 8 aromatic carbocycles. The first kappa shape index (κ1) is 102. The van der Waals surface area contributed by atoms with Crippen molar-refractivity contribution in [1.82, 2.24) is 19.9 Å². The van der Waals surface area contributed by atoms with Crippen LogP contribution < -0.4 is 4.74 Å². The second kappa shape index (κ2) is 48.6. The zero-order chi connectivity index (χ0) is 81.3. The topological polar surface area (TPSA) is 210 Å². The average molecular weight is 2230 g/mol. The summed E-state index contributed by atoms with van der Waals surface area (Å²) in [6.45, 7) is 43.4.